The monoisotopic (exact) mass is 182 g/mol. The molecule has 0 aromatic heterocycles. The Bertz CT molecular complexity index is 228. The molecule has 1 aliphatic heterocycles. The summed E-state index contributed by atoms with van der Waals surface area (Å²) in [5.41, 5.74) is 0.924. The largest absolute Gasteiger partial charge is 0.344 e. The molecule has 1 saturated heterocycles. The van der Waals surface area contributed by atoms with Crippen LogP contribution in [0.2, 0.25) is 0 Å². The highest BCUT2D eigenvalue weighted by atomic mass is 16.7. The zero-order chi connectivity index (χ0) is 9.31. The van der Waals surface area contributed by atoms with Gasteiger partial charge in [0.15, 0.2) is 5.79 Å². The molecule has 72 valence electrons. The molecule has 13 heavy (non-hydrogen) atoms. The molecule has 0 radical (unpaired) electrons. The second kappa shape index (κ2) is 3.24. The highest BCUT2D eigenvalue weighted by molar-refractivity contribution is 5.55. The molecule has 1 spiro atoms. The van der Waals surface area contributed by atoms with Crippen LogP contribution >= 0.6 is 0 Å². The van der Waals surface area contributed by atoms with Crippen molar-refractivity contribution in [3.63, 3.8) is 0 Å². The van der Waals surface area contributed by atoms with E-state index in [1.54, 1.807) is 0 Å². The third kappa shape index (κ3) is 1.42. The third-order valence-electron chi connectivity index (χ3n) is 2.84. The van der Waals surface area contributed by atoms with Crippen LogP contribution in [-0.2, 0) is 14.3 Å². The van der Waals surface area contributed by atoms with Gasteiger partial charge < -0.3 is 14.3 Å². The molecule has 2 aliphatic rings. The van der Waals surface area contributed by atoms with Crippen LogP contribution in [0.5, 0.6) is 0 Å². The van der Waals surface area contributed by atoms with Gasteiger partial charge in [0.1, 0.15) is 6.29 Å². The number of carbonyl (C=O) groups is 1. The van der Waals surface area contributed by atoms with Crippen LogP contribution in [0.15, 0.2) is 12.2 Å². The first kappa shape index (κ1) is 8.91. The van der Waals surface area contributed by atoms with Crippen molar-refractivity contribution in [1.29, 1.82) is 0 Å². The Morgan fingerprint density at radius 2 is 2.15 bits per heavy atom. The van der Waals surface area contributed by atoms with Gasteiger partial charge in [-0.2, -0.15) is 0 Å². The summed E-state index contributed by atoms with van der Waals surface area (Å²) in [6.45, 7) is 5.23. The molecule has 0 aromatic carbocycles. The molecular weight excluding hydrogens is 168 g/mol. The smallest absolute Gasteiger partial charge is 0.190 e. The predicted molar refractivity (Wildman–Crippen MR) is 47.2 cm³/mol. The molecule has 0 bridgehead atoms. The molecule has 1 heterocycles. The number of ether oxygens (including phenoxy) is 2. The first-order valence-corrected chi connectivity index (χ1v) is 4.68. The average molecular weight is 182 g/mol. The Kier molecular flexibility index (Phi) is 2.22. The summed E-state index contributed by atoms with van der Waals surface area (Å²) in [5, 5.41) is 0. The molecule has 3 nitrogen and oxygen atoms in total. The van der Waals surface area contributed by atoms with Gasteiger partial charge in [-0.15, -0.1) is 0 Å². The fraction of sp³-hybridized carbons (Fsp3) is 0.700. The van der Waals surface area contributed by atoms with Gasteiger partial charge in [0.2, 0.25) is 0 Å². The van der Waals surface area contributed by atoms with E-state index in [1.165, 1.54) is 0 Å². The Morgan fingerprint density at radius 3 is 2.69 bits per heavy atom. The molecule has 1 unspecified atom stereocenters. The van der Waals surface area contributed by atoms with Gasteiger partial charge in [0.25, 0.3) is 0 Å². The zero-order valence-electron chi connectivity index (χ0n) is 7.62. The minimum absolute atomic E-state index is 0.117. The average Bonchev–Trinajstić information content (AvgIpc) is 2.60. The van der Waals surface area contributed by atoms with Crippen molar-refractivity contribution in [3.05, 3.63) is 12.2 Å². The molecule has 1 aliphatic carbocycles. The minimum atomic E-state index is -0.542. The van der Waals surface area contributed by atoms with Crippen molar-refractivity contribution in [1.82, 2.24) is 0 Å². The maximum absolute atomic E-state index is 10.6. The van der Waals surface area contributed by atoms with Gasteiger partial charge in [0, 0.05) is 12.3 Å². The molecule has 1 saturated carbocycles. The van der Waals surface area contributed by atoms with Crippen LogP contribution in [0.4, 0.5) is 0 Å². The Balaban J connectivity index is 2.08. The van der Waals surface area contributed by atoms with Crippen LogP contribution in [0.3, 0.4) is 0 Å². The van der Waals surface area contributed by atoms with E-state index in [1.807, 2.05) is 0 Å². The maximum atomic E-state index is 10.6. The Labute approximate surface area is 77.7 Å². The van der Waals surface area contributed by atoms with E-state index >= 15 is 0 Å². The molecule has 0 N–H and O–H groups in total. The summed E-state index contributed by atoms with van der Waals surface area (Å²) in [4.78, 5) is 10.6. The van der Waals surface area contributed by atoms with Crippen LogP contribution in [0, 0.1) is 5.92 Å². The van der Waals surface area contributed by atoms with Gasteiger partial charge in [-0.25, -0.2) is 0 Å². The van der Waals surface area contributed by atoms with Crippen molar-refractivity contribution in [2.24, 2.45) is 5.92 Å². The summed E-state index contributed by atoms with van der Waals surface area (Å²) in [6, 6.07) is 0. The second-order valence-corrected chi connectivity index (χ2v) is 3.69. The van der Waals surface area contributed by atoms with E-state index in [-0.39, 0.29) is 5.92 Å². The molecule has 1 atom stereocenters. The normalized spacial score (nSPS) is 32.3. The second-order valence-electron chi connectivity index (χ2n) is 3.69. The fourth-order valence-corrected chi connectivity index (χ4v) is 2.05. The van der Waals surface area contributed by atoms with Crippen molar-refractivity contribution in [3.8, 4) is 0 Å². The number of aldehydes is 1. The lowest BCUT2D eigenvalue weighted by molar-refractivity contribution is -0.146. The van der Waals surface area contributed by atoms with Crippen LogP contribution in [0.25, 0.3) is 0 Å². The zero-order valence-corrected chi connectivity index (χ0v) is 7.62. The number of carbonyl (C=O) groups excluding carboxylic acids is 1. The van der Waals surface area contributed by atoms with Gasteiger partial charge in [0.05, 0.1) is 13.2 Å². The number of hydrogen-bond donors (Lipinski definition) is 0. The molecular formula is C10H14O3. The van der Waals surface area contributed by atoms with Gasteiger partial charge >= 0.3 is 0 Å². The molecule has 0 amide bonds. The lowest BCUT2D eigenvalue weighted by Gasteiger charge is -2.35. The van der Waals surface area contributed by atoms with E-state index in [9.17, 15) is 4.79 Å². The third-order valence-corrected chi connectivity index (χ3v) is 2.84. The van der Waals surface area contributed by atoms with Crippen LogP contribution in [-0.4, -0.2) is 25.3 Å². The van der Waals surface area contributed by atoms with Crippen molar-refractivity contribution in [2.45, 2.75) is 25.0 Å². The topological polar surface area (TPSA) is 35.5 Å². The standard InChI is InChI=1S/C10H14O3/c1-8-6-9(7-11)2-3-10(8)12-4-5-13-10/h7,9H,1-6H2. The summed E-state index contributed by atoms with van der Waals surface area (Å²) in [6.07, 6.45) is 3.34. The van der Waals surface area contributed by atoms with Crippen molar-refractivity contribution >= 4 is 6.29 Å². The molecule has 0 aromatic rings. The van der Waals surface area contributed by atoms with Gasteiger partial charge in [-0.1, -0.05) is 6.58 Å². The summed E-state index contributed by atoms with van der Waals surface area (Å²) in [5.74, 6) is -0.426. The molecule has 3 heteroatoms. The first-order chi connectivity index (χ1) is 6.27. The number of hydrogen-bond acceptors (Lipinski definition) is 3. The summed E-state index contributed by atoms with van der Waals surface area (Å²) >= 11 is 0. The van der Waals surface area contributed by atoms with E-state index < -0.39 is 5.79 Å². The highest BCUT2D eigenvalue weighted by Crippen LogP contribution is 2.40. The van der Waals surface area contributed by atoms with Gasteiger partial charge in [-0.3, -0.25) is 0 Å². The predicted octanol–water partition coefficient (Wildman–Crippen LogP) is 1.28. The van der Waals surface area contributed by atoms with Crippen molar-refractivity contribution in [2.75, 3.05) is 13.2 Å². The lowest BCUT2D eigenvalue weighted by Crippen LogP contribution is -2.37. The van der Waals surface area contributed by atoms with Crippen molar-refractivity contribution < 1.29 is 14.3 Å². The van der Waals surface area contributed by atoms with E-state index in [0.29, 0.717) is 19.6 Å². The number of rotatable bonds is 1. The SMILES string of the molecule is C=C1CC(C=O)CCC12OCCO2. The fourth-order valence-electron chi connectivity index (χ4n) is 2.05. The van der Waals surface area contributed by atoms with Crippen LogP contribution in [0.1, 0.15) is 19.3 Å². The van der Waals surface area contributed by atoms with Gasteiger partial charge in [-0.05, 0) is 18.4 Å². The Morgan fingerprint density at radius 1 is 1.46 bits per heavy atom. The summed E-state index contributed by atoms with van der Waals surface area (Å²) in [7, 11) is 0. The van der Waals surface area contributed by atoms with E-state index in [2.05, 4.69) is 6.58 Å². The minimum Gasteiger partial charge on any atom is -0.344 e. The first-order valence-electron chi connectivity index (χ1n) is 4.68. The Hall–Kier alpha value is -0.670. The quantitative estimate of drug-likeness (QED) is 0.452. The lowest BCUT2D eigenvalue weighted by atomic mass is 9.83. The molecule has 2 fully saturated rings. The summed E-state index contributed by atoms with van der Waals surface area (Å²) < 4.78 is 11.1. The van der Waals surface area contributed by atoms with E-state index in [4.69, 9.17) is 9.47 Å². The maximum Gasteiger partial charge on any atom is 0.190 e. The van der Waals surface area contributed by atoms with E-state index in [0.717, 1.165) is 24.7 Å². The van der Waals surface area contributed by atoms with Crippen LogP contribution < -0.4 is 0 Å². The molecule has 2 rings (SSSR count). The highest BCUT2D eigenvalue weighted by Gasteiger charge is 2.43.